The summed E-state index contributed by atoms with van der Waals surface area (Å²) in [5.41, 5.74) is 3.91. The number of aromatic nitrogens is 3. The standard InChI is InChI=1S/C16H10ClN3/c17-13-7-5-11(6-8-13)12-9-18-16-14-3-1-2-4-15(14)19-20(16)10-12/h1-10H. The van der Waals surface area contributed by atoms with Gasteiger partial charge in [0.1, 0.15) is 0 Å². The lowest BCUT2D eigenvalue weighted by Gasteiger charge is -2.02. The van der Waals surface area contributed by atoms with Gasteiger partial charge in [0, 0.05) is 28.4 Å². The lowest BCUT2D eigenvalue weighted by Crippen LogP contribution is -1.91. The van der Waals surface area contributed by atoms with E-state index in [1.807, 2.05) is 65.4 Å². The molecule has 0 unspecified atom stereocenters. The average molecular weight is 280 g/mol. The van der Waals surface area contributed by atoms with Crippen LogP contribution < -0.4 is 0 Å². The summed E-state index contributed by atoms with van der Waals surface area (Å²) in [6.07, 6.45) is 3.86. The van der Waals surface area contributed by atoms with Crippen molar-refractivity contribution in [3.05, 3.63) is 65.9 Å². The second-order valence-electron chi connectivity index (χ2n) is 4.63. The normalized spacial score (nSPS) is 11.2. The van der Waals surface area contributed by atoms with Crippen molar-refractivity contribution in [1.29, 1.82) is 0 Å². The Morgan fingerprint density at radius 3 is 2.55 bits per heavy atom. The number of halogens is 1. The summed E-state index contributed by atoms with van der Waals surface area (Å²) in [6, 6.07) is 15.7. The largest absolute Gasteiger partial charge is 0.236 e. The number of rotatable bonds is 1. The van der Waals surface area contributed by atoms with E-state index in [9.17, 15) is 0 Å². The molecule has 0 atom stereocenters. The minimum atomic E-state index is 0.729. The van der Waals surface area contributed by atoms with Crippen LogP contribution in [-0.4, -0.2) is 14.6 Å². The molecule has 0 aliphatic carbocycles. The Morgan fingerprint density at radius 2 is 1.70 bits per heavy atom. The van der Waals surface area contributed by atoms with Crippen LogP contribution in [0.4, 0.5) is 0 Å². The molecule has 4 rings (SSSR count). The first-order valence-corrected chi connectivity index (χ1v) is 6.68. The number of fused-ring (bicyclic) bond motifs is 3. The first kappa shape index (κ1) is 11.4. The molecule has 0 spiro atoms. The smallest absolute Gasteiger partial charge is 0.162 e. The molecule has 0 aliphatic heterocycles. The maximum Gasteiger partial charge on any atom is 0.162 e. The predicted octanol–water partition coefficient (Wildman–Crippen LogP) is 4.20. The van der Waals surface area contributed by atoms with E-state index in [4.69, 9.17) is 11.6 Å². The van der Waals surface area contributed by atoms with E-state index in [0.29, 0.717) is 0 Å². The fourth-order valence-corrected chi connectivity index (χ4v) is 2.47. The average Bonchev–Trinajstić information content (AvgIpc) is 2.85. The molecule has 2 aromatic heterocycles. The fraction of sp³-hybridized carbons (Fsp3) is 0. The fourth-order valence-electron chi connectivity index (χ4n) is 2.34. The molecule has 3 nitrogen and oxygen atoms in total. The Bertz CT molecular complexity index is 910. The van der Waals surface area contributed by atoms with Gasteiger partial charge in [-0.05, 0) is 29.8 Å². The molecule has 4 aromatic rings. The van der Waals surface area contributed by atoms with Gasteiger partial charge in [0.25, 0.3) is 0 Å². The van der Waals surface area contributed by atoms with Crippen molar-refractivity contribution in [2.45, 2.75) is 0 Å². The molecule has 0 fully saturated rings. The van der Waals surface area contributed by atoms with E-state index < -0.39 is 0 Å². The molecular weight excluding hydrogens is 270 g/mol. The van der Waals surface area contributed by atoms with Crippen molar-refractivity contribution in [2.75, 3.05) is 0 Å². The van der Waals surface area contributed by atoms with Crippen LogP contribution in [0.1, 0.15) is 0 Å². The number of hydrogen-bond donors (Lipinski definition) is 0. The number of nitrogens with zero attached hydrogens (tertiary/aromatic N) is 3. The van der Waals surface area contributed by atoms with Gasteiger partial charge in [-0.1, -0.05) is 35.9 Å². The molecule has 4 heteroatoms. The summed E-state index contributed by atoms with van der Waals surface area (Å²) in [5, 5.41) is 6.34. The Morgan fingerprint density at radius 1 is 0.900 bits per heavy atom. The minimum Gasteiger partial charge on any atom is -0.236 e. The van der Waals surface area contributed by atoms with Crippen molar-refractivity contribution in [3.63, 3.8) is 0 Å². The van der Waals surface area contributed by atoms with Crippen LogP contribution in [0, 0.1) is 0 Å². The number of hydrogen-bond acceptors (Lipinski definition) is 2. The third-order valence-corrected chi connectivity index (χ3v) is 3.59. The van der Waals surface area contributed by atoms with Gasteiger partial charge in [-0.2, -0.15) is 5.10 Å². The van der Waals surface area contributed by atoms with Gasteiger partial charge in [0.2, 0.25) is 0 Å². The van der Waals surface area contributed by atoms with Gasteiger partial charge < -0.3 is 0 Å². The predicted molar refractivity (Wildman–Crippen MR) is 80.9 cm³/mol. The summed E-state index contributed by atoms with van der Waals surface area (Å²) >= 11 is 5.91. The van der Waals surface area contributed by atoms with E-state index in [0.717, 1.165) is 32.7 Å². The van der Waals surface area contributed by atoms with Crippen molar-refractivity contribution in [2.24, 2.45) is 0 Å². The quantitative estimate of drug-likeness (QED) is 0.523. The van der Waals surface area contributed by atoms with Crippen LogP contribution in [0.3, 0.4) is 0 Å². The third-order valence-electron chi connectivity index (χ3n) is 3.34. The van der Waals surface area contributed by atoms with Gasteiger partial charge in [0.15, 0.2) is 5.65 Å². The molecule has 0 saturated heterocycles. The molecule has 0 radical (unpaired) electrons. The molecule has 0 amide bonds. The molecule has 20 heavy (non-hydrogen) atoms. The van der Waals surface area contributed by atoms with E-state index in [1.54, 1.807) is 0 Å². The molecule has 2 heterocycles. The summed E-state index contributed by atoms with van der Waals surface area (Å²) in [4.78, 5) is 4.54. The van der Waals surface area contributed by atoms with Crippen LogP contribution in [0.5, 0.6) is 0 Å². The molecule has 0 bridgehead atoms. The SMILES string of the molecule is Clc1ccc(-c2cnc3c4ccccc4nn3c2)cc1. The van der Waals surface area contributed by atoms with Gasteiger partial charge in [-0.25, -0.2) is 9.50 Å². The highest BCUT2D eigenvalue weighted by Crippen LogP contribution is 2.23. The molecule has 96 valence electrons. The zero-order chi connectivity index (χ0) is 13.5. The highest BCUT2D eigenvalue weighted by atomic mass is 35.5. The van der Waals surface area contributed by atoms with Gasteiger partial charge >= 0.3 is 0 Å². The maximum atomic E-state index is 5.91. The van der Waals surface area contributed by atoms with Crippen LogP contribution in [0.15, 0.2) is 60.9 Å². The molecule has 0 saturated carbocycles. The first-order chi connectivity index (χ1) is 9.81. The maximum absolute atomic E-state index is 5.91. The Kier molecular flexibility index (Phi) is 2.47. The van der Waals surface area contributed by atoms with Crippen molar-refractivity contribution >= 4 is 28.2 Å². The van der Waals surface area contributed by atoms with E-state index in [1.165, 1.54) is 0 Å². The van der Waals surface area contributed by atoms with Gasteiger partial charge in [-0.15, -0.1) is 0 Å². The van der Waals surface area contributed by atoms with Crippen LogP contribution in [0.25, 0.3) is 27.7 Å². The summed E-state index contributed by atoms with van der Waals surface area (Å²) in [5.74, 6) is 0. The molecule has 0 N–H and O–H groups in total. The minimum absolute atomic E-state index is 0.729. The highest BCUT2D eigenvalue weighted by molar-refractivity contribution is 6.30. The van der Waals surface area contributed by atoms with E-state index >= 15 is 0 Å². The van der Waals surface area contributed by atoms with Gasteiger partial charge in [-0.3, -0.25) is 0 Å². The van der Waals surface area contributed by atoms with Crippen LogP contribution in [0.2, 0.25) is 5.02 Å². The summed E-state index contributed by atoms with van der Waals surface area (Å²) in [6.45, 7) is 0. The zero-order valence-electron chi connectivity index (χ0n) is 10.5. The lowest BCUT2D eigenvalue weighted by atomic mass is 10.1. The Labute approximate surface area is 120 Å². The van der Waals surface area contributed by atoms with Gasteiger partial charge in [0.05, 0.1) is 5.52 Å². The number of benzene rings is 2. The topological polar surface area (TPSA) is 30.2 Å². The molecule has 0 aliphatic rings. The second-order valence-corrected chi connectivity index (χ2v) is 5.07. The summed E-state index contributed by atoms with van der Waals surface area (Å²) < 4.78 is 1.83. The summed E-state index contributed by atoms with van der Waals surface area (Å²) in [7, 11) is 0. The molecular formula is C16H10ClN3. The monoisotopic (exact) mass is 279 g/mol. The Hall–Kier alpha value is -2.39. The van der Waals surface area contributed by atoms with Crippen molar-refractivity contribution in [1.82, 2.24) is 14.6 Å². The van der Waals surface area contributed by atoms with E-state index in [-0.39, 0.29) is 0 Å². The van der Waals surface area contributed by atoms with Crippen LogP contribution >= 0.6 is 11.6 Å². The van der Waals surface area contributed by atoms with Crippen molar-refractivity contribution in [3.8, 4) is 11.1 Å². The first-order valence-electron chi connectivity index (χ1n) is 6.30. The third kappa shape index (κ3) is 1.75. The van der Waals surface area contributed by atoms with Crippen molar-refractivity contribution < 1.29 is 0 Å². The highest BCUT2D eigenvalue weighted by Gasteiger charge is 2.06. The van der Waals surface area contributed by atoms with E-state index in [2.05, 4.69) is 10.1 Å². The molecule has 2 aromatic carbocycles. The zero-order valence-corrected chi connectivity index (χ0v) is 11.2. The van der Waals surface area contributed by atoms with Crippen LogP contribution in [-0.2, 0) is 0 Å². The second kappa shape index (κ2) is 4.32. The Balaban J connectivity index is 1.94. The lowest BCUT2D eigenvalue weighted by molar-refractivity contribution is 0.959.